The molecule has 3 rings (SSSR count). The van der Waals surface area contributed by atoms with Crippen LogP contribution in [0.15, 0.2) is 48.5 Å². The summed E-state index contributed by atoms with van der Waals surface area (Å²) in [6.07, 6.45) is 1.85. The van der Waals surface area contributed by atoms with E-state index in [1.807, 2.05) is 0 Å². The van der Waals surface area contributed by atoms with E-state index in [0.29, 0.717) is 23.5 Å². The third-order valence-corrected chi connectivity index (χ3v) is 5.06. The number of benzene rings is 2. The zero-order valence-electron chi connectivity index (χ0n) is 16.6. The van der Waals surface area contributed by atoms with Crippen molar-refractivity contribution in [3.63, 3.8) is 0 Å². The number of ether oxygens (including phenoxy) is 3. The highest BCUT2D eigenvalue weighted by Gasteiger charge is 2.41. The first kappa shape index (κ1) is 20.6. The predicted molar refractivity (Wildman–Crippen MR) is 106 cm³/mol. The SMILES string of the molecule is CCOC(=O)[C@@H]1C(=O)C=C(c2ccc(F)cc2)C[C@H]1c1cc(OC)ccc1OC. The molecular weight excluding hydrogens is 375 g/mol. The van der Waals surface area contributed by atoms with Gasteiger partial charge in [-0.1, -0.05) is 12.1 Å². The van der Waals surface area contributed by atoms with Crippen molar-refractivity contribution in [2.45, 2.75) is 19.3 Å². The highest BCUT2D eigenvalue weighted by atomic mass is 19.1. The number of allylic oxidation sites excluding steroid dienone is 2. The van der Waals surface area contributed by atoms with Crippen molar-refractivity contribution in [2.24, 2.45) is 5.92 Å². The lowest BCUT2D eigenvalue weighted by atomic mass is 9.73. The zero-order chi connectivity index (χ0) is 21.0. The molecule has 0 heterocycles. The summed E-state index contributed by atoms with van der Waals surface area (Å²) in [5.74, 6) is -1.61. The fraction of sp³-hybridized carbons (Fsp3) is 0.304. The van der Waals surface area contributed by atoms with E-state index >= 15 is 0 Å². The van der Waals surface area contributed by atoms with E-state index in [-0.39, 0.29) is 18.2 Å². The number of ketones is 1. The van der Waals surface area contributed by atoms with Gasteiger partial charge in [-0.2, -0.15) is 0 Å². The van der Waals surface area contributed by atoms with E-state index in [1.54, 1.807) is 44.4 Å². The molecular formula is C23H23FO5. The van der Waals surface area contributed by atoms with Crippen molar-refractivity contribution in [2.75, 3.05) is 20.8 Å². The first-order chi connectivity index (χ1) is 14.0. The van der Waals surface area contributed by atoms with E-state index in [2.05, 4.69) is 0 Å². The van der Waals surface area contributed by atoms with Gasteiger partial charge in [0.25, 0.3) is 0 Å². The van der Waals surface area contributed by atoms with Crippen LogP contribution in [0.1, 0.15) is 30.4 Å². The Morgan fingerprint density at radius 2 is 1.83 bits per heavy atom. The summed E-state index contributed by atoms with van der Waals surface area (Å²) in [4.78, 5) is 25.6. The number of carbonyl (C=O) groups excluding carboxylic acids is 2. The Morgan fingerprint density at radius 1 is 1.10 bits per heavy atom. The predicted octanol–water partition coefficient (Wildman–Crippen LogP) is 4.16. The van der Waals surface area contributed by atoms with Gasteiger partial charge in [0.1, 0.15) is 23.2 Å². The third-order valence-electron chi connectivity index (χ3n) is 5.06. The molecule has 2 aromatic carbocycles. The van der Waals surface area contributed by atoms with E-state index in [1.165, 1.54) is 25.3 Å². The maximum atomic E-state index is 13.3. The molecule has 1 aliphatic rings. The van der Waals surface area contributed by atoms with Crippen LogP contribution < -0.4 is 9.47 Å². The highest BCUT2D eigenvalue weighted by molar-refractivity contribution is 6.10. The van der Waals surface area contributed by atoms with Crippen molar-refractivity contribution in [3.8, 4) is 11.5 Å². The van der Waals surface area contributed by atoms with Gasteiger partial charge in [-0.25, -0.2) is 4.39 Å². The molecule has 2 atom stereocenters. The Balaban J connectivity index is 2.10. The minimum absolute atomic E-state index is 0.180. The van der Waals surface area contributed by atoms with Crippen LogP contribution in [0.2, 0.25) is 0 Å². The van der Waals surface area contributed by atoms with Crippen molar-refractivity contribution in [1.29, 1.82) is 0 Å². The number of carbonyl (C=O) groups is 2. The third kappa shape index (κ3) is 4.31. The summed E-state index contributed by atoms with van der Waals surface area (Å²) < 4.78 is 29.3. The van der Waals surface area contributed by atoms with E-state index in [0.717, 1.165) is 11.1 Å². The normalized spacial score (nSPS) is 18.8. The molecule has 0 saturated carbocycles. The summed E-state index contributed by atoms with van der Waals surface area (Å²) in [5, 5.41) is 0. The zero-order valence-corrected chi connectivity index (χ0v) is 16.6. The maximum Gasteiger partial charge on any atom is 0.317 e. The molecule has 2 aromatic rings. The molecule has 0 unspecified atom stereocenters. The molecule has 0 radical (unpaired) electrons. The topological polar surface area (TPSA) is 61.8 Å². The van der Waals surface area contributed by atoms with Crippen molar-refractivity contribution < 1.29 is 28.2 Å². The monoisotopic (exact) mass is 398 g/mol. The van der Waals surface area contributed by atoms with Crippen molar-refractivity contribution >= 4 is 17.3 Å². The Labute approximate surface area is 169 Å². The van der Waals surface area contributed by atoms with Gasteiger partial charge in [-0.3, -0.25) is 9.59 Å². The summed E-state index contributed by atoms with van der Waals surface area (Å²) in [5.41, 5.74) is 2.14. The number of halogens is 1. The van der Waals surface area contributed by atoms with Crippen molar-refractivity contribution in [1.82, 2.24) is 0 Å². The van der Waals surface area contributed by atoms with Crippen LogP contribution in [0, 0.1) is 11.7 Å². The van der Waals surface area contributed by atoms with Gasteiger partial charge in [0, 0.05) is 11.5 Å². The number of hydrogen-bond acceptors (Lipinski definition) is 5. The molecule has 29 heavy (non-hydrogen) atoms. The fourth-order valence-corrected chi connectivity index (χ4v) is 3.67. The van der Waals surface area contributed by atoms with E-state index in [9.17, 15) is 14.0 Å². The average Bonchev–Trinajstić information content (AvgIpc) is 2.73. The summed E-state index contributed by atoms with van der Waals surface area (Å²) >= 11 is 0. The molecule has 0 bridgehead atoms. The molecule has 0 spiro atoms. The first-order valence-electron chi connectivity index (χ1n) is 9.37. The number of methoxy groups -OCH3 is 2. The highest BCUT2D eigenvalue weighted by Crippen LogP contribution is 2.44. The minimum atomic E-state index is -0.986. The molecule has 0 aliphatic heterocycles. The minimum Gasteiger partial charge on any atom is -0.497 e. The number of esters is 1. The van der Waals surface area contributed by atoms with E-state index < -0.39 is 17.8 Å². The van der Waals surface area contributed by atoms with Gasteiger partial charge < -0.3 is 14.2 Å². The van der Waals surface area contributed by atoms with Gasteiger partial charge in [0.15, 0.2) is 5.78 Å². The molecule has 152 valence electrons. The second kappa shape index (κ2) is 8.90. The van der Waals surface area contributed by atoms with Gasteiger partial charge >= 0.3 is 5.97 Å². The Bertz CT molecular complexity index is 933. The molecule has 1 aliphatic carbocycles. The van der Waals surface area contributed by atoms with Gasteiger partial charge in [-0.05, 0) is 60.9 Å². The van der Waals surface area contributed by atoms with Crippen molar-refractivity contribution in [3.05, 3.63) is 65.5 Å². The lowest BCUT2D eigenvalue weighted by Gasteiger charge is -2.30. The second-order valence-corrected chi connectivity index (χ2v) is 6.73. The van der Waals surface area contributed by atoms with Crippen LogP contribution >= 0.6 is 0 Å². The largest absolute Gasteiger partial charge is 0.497 e. The first-order valence-corrected chi connectivity index (χ1v) is 9.37. The van der Waals surface area contributed by atoms with Gasteiger partial charge in [0.05, 0.1) is 20.8 Å². The van der Waals surface area contributed by atoms with Crippen LogP contribution in [0.5, 0.6) is 11.5 Å². The summed E-state index contributed by atoms with van der Waals surface area (Å²) in [6.45, 7) is 1.88. The van der Waals surface area contributed by atoms with Crippen LogP contribution in [-0.2, 0) is 14.3 Å². The Morgan fingerprint density at radius 3 is 2.45 bits per heavy atom. The smallest absolute Gasteiger partial charge is 0.317 e. The maximum absolute atomic E-state index is 13.3. The molecule has 0 saturated heterocycles. The van der Waals surface area contributed by atoms with Crippen LogP contribution in [0.25, 0.3) is 5.57 Å². The molecule has 0 fully saturated rings. The quantitative estimate of drug-likeness (QED) is 0.540. The molecule has 0 aromatic heterocycles. The summed E-state index contributed by atoms with van der Waals surface area (Å²) in [6, 6.07) is 11.2. The number of rotatable bonds is 6. The second-order valence-electron chi connectivity index (χ2n) is 6.73. The Hall–Kier alpha value is -3.15. The fourth-order valence-electron chi connectivity index (χ4n) is 3.67. The van der Waals surface area contributed by atoms with Crippen LogP contribution in [0.4, 0.5) is 4.39 Å². The lowest BCUT2D eigenvalue weighted by molar-refractivity contribution is -0.151. The van der Waals surface area contributed by atoms with E-state index in [4.69, 9.17) is 14.2 Å². The molecule has 6 heteroatoms. The molecule has 0 amide bonds. The Kier molecular flexibility index (Phi) is 6.32. The van der Waals surface area contributed by atoms with Crippen LogP contribution in [-0.4, -0.2) is 32.6 Å². The lowest BCUT2D eigenvalue weighted by Crippen LogP contribution is -2.34. The number of hydrogen-bond donors (Lipinski definition) is 0. The summed E-state index contributed by atoms with van der Waals surface area (Å²) in [7, 11) is 3.08. The average molecular weight is 398 g/mol. The molecule has 0 N–H and O–H groups in total. The van der Waals surface area contributed by atoms with Gasteiger partial charge in [0.2, 0.25) is 0 Å². The van der Waals surface area contributed by atoms with Gasteiger partial charge in [-0.15, -0.1) is 0 Å². The standard InChI is InChI=1S/C23H23FO5/c1-4-29-23(26)22-19(18-13-17(27-2)9-10-21(18)28-3)11-15(12-20(22)25)14-5-7-16(24)8-6-14/h5-10,12-13,19,22H,4,11H2,1-3H3/t19-,22-/m0/s1. The van der Waals surface area contributed by atoms with Crippen LogP contribution in [0.3, 0.4) is 0 Å². The molecule has 5 nitrogen and oxygen atoms in total.